The first-order chi connectivity index (χ1) is 6.01. The van der Waals surface area contributed by atoms with E-state index in [0.717, 1.165) is 5.56 Å². The molecule has 0 aliphatic heterocycles. The Labute approximate surface area is 87.7 Å². The van der Waals surface area contributed by atoms with Crippen molar-refractivity contribution >= 4 is 22.9 Å². The molecule has 0 aliphatic carbocycles. The van der Waals surface area contributed by atoms with Crippen molar-refractivity contribution in [1.29, 1.82) is 0 Å². The van der Waals surface area contributed by atoms with Gasteiger partial charge in [0.05, 0.1) is 0 Å². The molecular formula is C7H9ClFNO3S. The van der Waals surface area contributed by atoms with Crippen molar-refractivity contribution in [3.63, 3.8) is 0 Å². The Hall–Kier alpha value is -0.850. The van der Waals surface area contributed by atoms with Crippen molar-refractivity contribution in [3.8, 4) is 5.75 Å². The fourth-order valence-corrected chi connectivity index (χ4v) is 1.14. The molecule has 0 aromatic heterocycles. The Morgan fingerprint density at radius 2 is 1.79 bits per heavy atom. The molecule has 2 N–H and O–H groups in total. The first kappa shape index (κ1) is 13.2. The maximum Gasteiger partial charge on any atom is 0.488 e. The average Bonchev–Trinajstić information content (AvgIpc) is 2.03. The van der Waals surface area contributed by atoms with Crippen LogP contribution >= 0.6 is 12.4 Å². The van der Waals surface area contributed by atoms with E-state index in [9.17, 15) is 12.3 Å². The van der Waals surface area contributed by atoms with Crippen LogP contribution in [-0.2, 0) is 17.0 Å². The third-order valence-corrected chi connectivity index (χ3v) is 1.75. The zero-order valence-corrected chi connectivity index (χ0v) is 8.65. The molecule has 1 aromatic carbocycles. The highest BCUT2D eigenvalue weighted by Gasteiger charge is 2.08. The molecule has 0 saturated carbocycles. The van der Waals surface area contributed by atoms with Crippen molar-refractivity contribution in [2.24, 2.45) is 5.73 Å². The van der Waals surface area contributed by atoms with Crippen LogP contribution in [0.5, 0.6) is 5.75 Å². The Bertz CT molecular complexity index is 378. The van der Waals surface area contributed by atoms with Gasteiger partial charge in [0.1, 0.15) is 5.75 Å². The van der Waals surface area contributed by atoms with Gasteiger partial charge in [0.25, 0.3) is 0 Å². The highest BCUT2D eigenvalue weighted by molar-refractivity contribution is 7.81. The SMILES string of the molecule is Cl.NCc1ccc(OS(=O)(=O)F)cc1. The number of rotatable bonds is 3. The minimum Gasteiger partial charge on any atom is -0.358 e. The second-order valence-electron chi connectivity index (χ2n) is 2.32. The second kappa shape index (κ2) is 5.14. The minimum absolute atomic E-state index is 0. The highest BCUT2D eigenvalue weighted by atomic mass is 35.5. The highest BCUT2D eigenvalue weighted by Crippen LogP contribution is 2.14. The van der Waals surface area contributed by atoms with Gasteiger partial charge in [-0.15, -0.1) is 12.4 Å². The number of benzene rings is 1. The smallest absolute Gasteiger partial charge is 0.358 e. The maximum absolute atomic E-state index is 12.0. The van der Waals surface area contributed by atoms with Gasteiger partial charge in [0.15, 0.2) is 0 Å². The van der Waals surface area contributed by atoms with E-state index in [0.29, 0.717) is 6.54 Å². The lowest BCUT2D eigenvalue weighted by Crippen LogP contribution is -2.01. The van der Waals surface area contributed by atoms with Crippen molar-refractivity contribution in [2.45, 2.75) is 6.54 Å². The molecule has 0 radical (unpaired) electrons. The normalized spacial score (nSPS) is 10.4. The summed E-state index contributed by atoms with van der Waals surface area (Å²) >= 11 is 0. The summed E-state index contributed by atoms with van der Waals surface area (Å²) in [6.07, 6.45) is 0. The number of halogens is 2. The lowest BCUT2D eigenvalue weighted by molar-refractivity contribution is 0.440. The first-order valence-electron chi connectivity index (χ1n) is 3.44. The zero-order valence-electron chi connectivity index (χ0n) is 7.01. The Morgan fingerprint density at radius 3 is 2.14 bits per heavy atom. The van der Waals surface area contributed by atoms with Crippen LogP contribution in [-0.4, -0.2) is 8.42 Å². The van der Waals surface area contributed by atoms with Gasteiger partial charge >= 0.3 is 10.5 Å². The molecule has 0 atom stereocenters. The first-order valence-corrected chi connectivity index (χ1v) is 4.75. The molecule has 1 aromatic rings. The van der Waals surface area contributed by atoms with Gasteiger partial charge in [-0.05, 0) is 17.7 Å². The molecule has 7 heteroatoms. The van der Waals surface area contributed by atoms with Gasteiger partial charge in [-0.3, -0.25) is 0 Å². The molecule has 0 aliphatic rings. The average molecular weight is 242 g/mol. The Balaban J connectivity index is 0.00000169. The molecule has 0 heterocycles. The molecule has 0 spiro atoms. The quantitative estimate of drug-likeness (QED) is 0.807. The van der Waals surface area contributed by atoms with E-state index >= 15 is 0 Å². The predicted octanol–water partition coefficient (Wildman–Crippen LogP) is 1.16. The molecule has 0 amide bonds. The lowest BCUT2D eigenvalue weighted by Gasteiger charge is -2.00. The summed E-state index contributed by atoms with van der Waals surface area (Å²) in [5, 5.41) is 0. The van der Waals surface area contributed by atoms with Crippen molar-refractivity contribution in [2.75, 3.05) is 0 Å². The molecule has 0 saturated heterocycles. The van der Waals surface area contributed by atoms with Gasteiger partial charge in [0.2, 0.25) is 0 Å². The van der Waals surface area contributed by atoms with E-state index in [4.69, 9.17) is 5.73 Å². The molecule has 14 heavy (non-hydrogen) atoms. The van der Waals surface area contributed by atoms with Gasteiger partial charge < -0.3 is 9.92 Å². The van der Waals surface area contributed by atoms with Crippen LogP contribution in [0.15, 0.2) is 24.3 Å². The predicted molar refractivity (Wildman–Crippen MR) is 52.2 cm³/mol. The standard InChI is InChI=1S/C7H8FNO3S.ClH/c8-13(10,11)12-7-3-1-6(5-9)2-4-7;/h1-4H,5,9H2;1H. The van der Waals surface area contributed by atoms with Gasteiger partial charge in [-0.2, -0.15) is 8.42 Å². The van der Waals surface area contributed by atoms with Gasteiger partial charge in [0, 0.05) is 6.54 Å². The van der Waals surface area contributed by atoms with Crippen LogP contribution in [0.2, 0.25) is 0 Å². The van der Waals surface area contributed by atoms with Crippen LogP contribution in [0, 0.1) is 0 Å². The van der Waals surface area contributed by atoms with Crippen LogP contribution in [0.3, 0.4) is 0 Å². The monoisotopic (exact) mass is 241 g/mol. The number of hydrogen-bond donors (Lipinski definition) is 1. The largest absolute Gasteiger partial charge is 0.488 e. The number of hydrogen-bond acceptors (Lipinski definition) is 4. The minimum atomic E-state index is -4.93. The summed E-state index contributed by atoms with van der Waals surface area (Å²) in [5.74, 6) is -0.0697. The van der Waals surface area contributed by atoms with E-state index < -0.39 is 10.5 Å². The Kier molecular flexibility index (Phi) is 4.82. The third-order valence-electron chi connectivity index (χ3n) is 1.35. The summed E-state index contributed by atoms with van der Waals surface area (Å²) in [6.45, 7) is 0.336. The van der Waals surface area contributed by atoms with Crippen LogP contribution in [0.1, 0.15) is 5.56 Å². The van der Waals surface area contributed by atoms with E-state index in [-0.39, 0.29) is 18.2 Å². The summed E-state index contributed by atoms with van der Waals surface area (Å²) in [6, 6.07) is 5.78. The van der Waals surface area contributed by atoms with Crippen LogP contribution < -0.4 is 9.92 Å². The summed E-state index contributed by atoms with van der Waals surface area (Å²) in [4.78, 5) is 0. The Morgan fingerprint density at radius 1 is 1.29 bits per heavy atom. The fraction of sp³-hybridized carbons (Fsp3) is 0.143. The molecule has 80 valence electrons. The number of nitrogens with two attached hydrogens (primary N) is 1. The maximum atomic E-state index is 12.0. The summed E-state index contributed by atoms with van der Waals surface area (Å²) in [7, 11) is -4.93. The molecule has 0 unspecified atom stereocenters. The fourth-order valence-electron chi connectivity index (χ4n) is 0.796. The van der Waals surface area contributed by atoms with Crippen molar-refractivity contribution < 1.29 is 16.5 Å². The van der Waals surface area contributed by atoms with Gasteiger partial charge in [-0.25, -0.2) is 0 Å². The van der Waals surface area contributed by atoms with Crippen LogP contribution in [0.4, 0.5) is 3.89 Å². The molecule has 0 fully saturated rings. The van der Waals surface area contributed by atoms with Gasteiger partial charge in [-0.1, -0.05) is 16.0 Å². The van der Waals surface area contributed by atoms with E-state index in [1.807, 2.05) is 0 Å². The van der Waals surface area contributed by atoms with Crippen LogP contribution in [0.25, 0.3) is 0 Å². The second-order valence-corrected chi connectivity index (χ2v) is 3.28. The van der Waals surface area contributed by atoms with Crippen molar-refractivity contribution in [3.05, 3.63) is 29.8 Å². The van der Waals surface area contributed by atoms with E-state index in [2.05, 4.69) is 4.18 Å². The summed E-state index contributed by atoms with van der Waals surface area (Å²) < 4.78 is 36.0. The topological polar surface area (TPSA) is 69.4 Å². The van der Waals surface area contributed by atoms with Crippen molar-refractivity contribution in [1.82, 2.24) is 0 Å². The van der Waals surface area contributed by atoms with E-state index in [1.165, 1.54) is 12.1 Å². The molecular weight excluding hydrogens is 233 g/mol. The zero-order chi connectivity index (χ0) is 9.90. The molecule has 0 bridgehead atoms. The molecule has 4 nitrogen and oxygen atoms in total. The van der Waals surface area contributed by atoms with E-state index in [1.54, 1.807) is 12.1 Å². The third kappa shape index (κ3) is 4.40. The summed E-state index contributed by atoms with van der Waals surface area (Å²) in [5.41, 5.74) is 6.10. The lowest BCUT2D eigenvalue weighted by atomic mass is 10.2. The molecule has 1 rings (SSSR count).